The van der Waals surface area contributed by atoms with Crippen LogP contribution in [0.2, 0.25) is 0 Å². The summed E-state index contributed by atoms with van der Waals surface area (Å²) in [7, 11) is 1.08. The Hall–Kier alpha value is -1.41. The molecule has 0 N–H and O–H groups in total. The summed E-state index contributed by atoms with van der Waals surface area (Å²) in [6.07, 6.45) is 0. The van der Waals surface area contributed by atoms with Crippen LogP contribution in [0.15, 0.2) is 28.7 Å². The highest BCUT2D eigenvalue weighted by molar-refractivity contribution is 9.10. The van der Waals surface area contributed by atoms with E-state index in [1.54, 1.807) is 17.9 Å². The van der Waals surface area contributed by atoms with E-state index in [-0.39, 0.29) is 5.56 Å². The Morgan fingerprint density at radius 2 is 2.19 bits per heavy atom. The number of esters is 1. The zero-order valence-corrected chi connectivity index (χ0v) is 9.85. The minimum Gasteiger partial charge on any atom is -0.459 e. The minimum atomic E-state index is -3.38. The Bertz CT molecular complexity index is 461. The number of alkyl halides is 2. The van der Waals surface area contributed by atoms with Crippen molar-refractivity contribution in [2.45, 2.75) is 5.92 Å². The Balaban J connectivity index is 3.00. The van der Waals surface area contributed by atoms with Gasteiger partial charge in [-0.1, -0.05) is 28.1 Å². The van der Waals surface area contributed by atoms with Gasteiger partial charge in [0.1, 0.15) is 0 Å². The summed E-state index contributed by atoms with van der Waals surface area (Å²) < 4.78 is 31.5. The lowest BCUT2D eigenvalue weighted by molar-refractivity contribution is -0.133. The average molecular weight is 289 g/mol. The third-order valence-corrected chi connectivity index (χ3v) is 2.19. The Morgan fingerprint density at radius 1 is 1.50 bits per heavy atom. The Morgan fingerprint density at radius 3 is 2.75 bits per heavy atom. The first-order valence-electron chi connectivity index (χ1n) is 4.20. The summed E-state index contributed by atoms with van der Waals surface area (Å²) >= 11 is 3.08. The van der Waals surface area contributed by atoms with E-state index in [2.05, 4.69) is 20.7 Å². The monoisotopic (exact) mass is 288 g/mol. The number of ether oxygens (including phenoxy) is 1. The number of methoxy groups -OCH3 is 1. The Kier molecular flexibility index (Phi) is 4.02. The van der Waals surface area contributed by atoms with Crippen molar-refractivity contribution in [2.75, 3.05) is 7.11 Å². The van der Waals surface area contributed by atoms with Crippen molar-refractivity contribution in [3.8, 4) is 11.8 Å². The van der Waals surface area contributed by atoms with Gasteiger partial charge in [-0.05, 0) is 18.1 Å². The van der Waals surface area contributed by atoms with Gasteiger partial charge in [-0.2, -0.15) is 8.78 Å². The molecule has 5 heteroatoms. The number of benzene rings is 1. The minimum absolute atomic E-state index is 0.279. The van der Waals surface area contributed by atoms with Crippen LogP contribution in [-0.2, 0) is 15.5 Å². The third-order valence-electron chi connectivity index (χ3n) is 1.69. The first-order chi connectivity index (χ1) is 7.45. The maximum absolute atomic E-state index is 13.4. The molecule has 1 rings (SSSR count). The van der Waals surface area contributed by atoms with E-state index in [4.69, 9.17) is 0 Å². The summed E-state index contributed by atoms with van der Waals surface area (Å²) in [6, 6.07) is 5.56. The van der Waals surface area contributed by atoms with Gasteiger partial charge in [0, 0.05) is 16.0 Å². The molecule has 0 saturated heterocycles. The first-order valence-corrected chi connectivity index (χ1v) is 5.00. The second kappa shape index (κ2) is 5.08. The van der Waals surface area contributed by atoms with Crippen molar-refractivity contribution in [1.29, 1.82) is 0 Å². The van der Waals surface area contributed by atoms with Gasteiger partial charge in [0.2, 0.25) is 0 Å². The number of rotatable bonds is 1. The molecule has 0 spiro atoms. The normalized spacial score (nSPS) is 10.2. The quantitative estimate of drug-likeness (QED) is 0.451. The van der Waals surface area contributed by atoms with Gasteiger partial charge < -0.3 is 4.74 Å². The van der Waals surface area contributed by atoms with Crippen LogP contribution in [0.1, 0.15) is 5.56 Å². The van der Waals surface area contributed by atoms with Crippen LogP contribution in [-0.4, -0.2) is 13.1 Å². The van der Waals surface area contributed by atoms with Gasteiger partial charge in [-0.3, -0.25) is 0 Å². The molecule has 0 atom stereocenters. The molecule has 0 radical (unpaired) electrons. The van der Waals surface area contributed by atoms with Crippen molar-refractivity contribution in [1.82, 2.24) is 0 Å². The zero-order chi connectivity index (χ0) is 12.2. The molecule has 1 aromatic rings. The van der Waals surface area contributed by atoms with Crippen molar-refractivity contribution < 1.29 is 18.3 Å². The number of hydrogen-bond donors (Lipinski definition) is 0. The fourth-order valence-electron chi connectivity index (χ4n) is 0.937. The number of carbonyl (C=O) groups is 1. The molecule has 0 bridgehead atoms. The molecular weight excluding hydrogens is 282 g/mol. The predicted octanol–water partition coefficient (Wildman–Crippen LogP) is 2.72. The molecule has 1 aromatic carbocycles. The van der Waals surface area contributed by atoms with Gasteiger partial charge in [-0.15, -0.1) is 0 Å². The van der Waals surface area contributed by atoms with Crippen molar-refractivity contribution in [3.05, 3.63) is 34.3 Å². The molecule has 0 saturated carbocycles. The maximum atomic E-state index is 13.4. The van der Waals surface area contributed by atoms with Crippen LogP contribution in [0.4, 0.5) is 8.78 Å². The Labute approximate surface area is 99.7 Å². The topological polar surface area (TPSA) is 26.3 Å². The average Bonchev–Trinajstić information content (AvgIpc) is 2.26. The second-order valence-electron chi connectivity index (χ2n) is 2.83. The predicted molar refractivity (Wildman–Crippen MR) is 57.8 cm³/mol. The van der Waals surface area contributed by atoms with E-state index in [0.29, 0.717) is 4.47 Å². The second-order valence-corrected chi connectivity index (χ2v) is 3.74. The van der Waals surface area contributed by atoms with E-state index < -0.39 is 11.9 Å². The first kappa shape index (κ1) is 12.7. The molecule has 2 nitrogen and oxygen atoms in total. The molecule has 16 heavy (non-hydrogen) atoms. The molecule has 0 unspecified atom stereocenters. The van der Waals surface area contributed by atoms with Crippen LogP contribution in [0.3, 0.4) is 0 Å². The fraction of sp³-hybridized carbons (Fsp3) is 0.182. The molecule has 0 amide bonds. The summed E-state index contributed by atoms with van der Waals surface area (Å²) in [5.74, 6) is -1.08. The van der Waals surface area contributed by atoms with E-state index in [1.165, 1.54) is 18.2 Å². The standard InChI is InChI=1S/C11H7BrF2O2/c1-16-10(15)5-6-11(13,14)8-3-2-4-9(12)7-8/h2-4,7H,1H3. The van der Waals surface area contributed by atoms with E-state index in [0.717, 1.165) is 7.11 Å². The third kappa shape index (κ3) is 3.31. The van der Waals surface area contributed by atoms with Gasteiger partial charge in [-0.25, -0.2) is 4.79 Å². The summed E-state index contributed by atoms with van der Waals surface area (Å²) in [5, 5.41) is 0. The lowest BCUT2D eigenvalue weighted by Crippen LogP contribution is -2.11. The van der Waals surface area contributed by atoms with E-state index in [1.807, 2.05) is 0 Å². The molecule has 0 aromatic heterocycles. The van der Waals surface area contributed by atoms with E-state index in [9.17, 15) is 13.6 Å². The SMILES string of the molecule is COC(=O)C#CC(F)(F)c1cccc(Br)c1. The zero-order valence-electron chi connectivity index (χ0n) is 8.26. The highest BCUT2D eigenvalue weighted by Gasteiger charge is 2.29. The van der Waals surface area contributed by atoms with Crippen molar-refractivity contribution in [3.63, 3.8) is 0 Å². The highest BCUT2D eigenvalue weighted by Crippen LogP contribution is 2.28. The van der Waals surface area contributed by atoms with Gasteiger partial charge >= 0.3 is 11.9 Å². The molecule has 0 heterocycles. The summed E-state index contributed by atoms with van der Waals surface area (Å²) in [5.41, 5.74) is -0.279. The van der Waals surface area contributed by atoms with Crippen molar-refractivity contribution in [2.24, 2.45) is 0 Å². The van der Waals surface area contributed by atoms with Crippen LogP contribution < -0.4 is 0 Å². The van der Waals surface area contributed by atoms with Crippen LogP contribution in [0.25, 0.3) is 0 Å². The van der Waals surface area contributed by atoms with Gasteiger partial charge in [0.05, 0.1) is 7.11 Å². The largest absolute Gasteiger partial charge is 0.459 e. The lowest BCUT2D eigenvalue weighted by atomic mass is 10.1. The summed E-state index contributed by atoms with van der Waals surface area (Å²) in [4.78, 5) is 10.6. The van der Waals surface area contributed by atoms with Crippen molar-refractivity contribution >= 4 is 21.9 Å². The molecule has 84 valence electrons. The smallest absolute Gasteiger partial charge is 0.384 e. The highest BCUT2D eigenvalue weighted by atomic mass is 79.9. The molecule has 0 fully saturated rings. The van der Waals surface area contributed by atoms with Crippen LogP contribution >= 0.6 is 15.9 Å². The molecular formula is C11H7BrF2O2. The maximum Gasteiger partial charge on any atom is 0.384 e. The van der Waals surface area contributed by atoms with Crippen LogP contribution in [0.5, 0.6) is 0 Å². The number of hydrogen-bond acceptors (Lipinski definition) is 2. The molecule has 0 aliphatic rings. The lowest BCUT2D eigenvalue weighted by Gasteiger charge is -2.09. The number of halogens is 3. The molecule has 0 aliphatic heterocycles. The molecule has 0 aliphatic carbocycles. The fourth-order valence-corrected chi connectivity index (χ4v) is 1.34. The van der Waals surface area contributed by atoms with E-state index >= 15 is 0 Å². The summed E-state index contributed by atoms with van der Waals surface area (Å²) in [6.45, 7) is 0. The number of carbonyl (C=O) groups excluding carboxylic acids is 1. The van der Waals surface area contributed by atoms with Crippen LogP contribution in [0, 0.1) is 11.8 Å². The van der Waals surface area contributed by atoms with Gasteiger partial charge in [0.25, 0.3) is 0 Å². The van der Waals surface area contributed by atoms with Gasteiger partial charge in [0.15, 0.2) is 0 Å².